The smallest absolute Gasteiger partial charge is 0.0500 e. The molecule has 5 heteroatoms. The highest BCUT2D eigenvalue weighted by molar-refractivity contribution is 9.11. The van der Waals surface area contributed by atoms with Crippen molar-refractivity contribution in [3.05, 3.63) is 61.0 Å². The van der Waals surface area contributed by atoms with E-state index in [4.69, 9.17) is 23.2 Å². The number of anilines is 1. The fourth-order valence-electron chi connectivity index (χ4n) is 1.77. The van der Waals surface area contributed by atoms with Crippen LogP contribution in [0.15, 0.2) is 45.3 Å². The molecule has 1 N–H and O–H groups in total. The number of rotatable bonds is 3. The molecule has 0 spiro atoms. The van der Waals surface area contributed by atoms with Crippen LogP contribution in [0.25, 0.3) is 0 Å². The van der Waals surface area contributed by atoms with Crippen molar-refractivity contribution in [1.82, 2.24) is 0 Å². The summed E-state index contributed by atoms with van der Waals surface area (Å²) in [7, 11) is 0. The summed E-state index contributed by atoms with van der Waals surface area (Å²) in [5.74, 6) is 0. The second-order valence-corrected chi connectivity index (χ2v) is 6.77. The van der Waals surface area contributed by atoms with Gasteiger partial charge in [0, 0.05) is 19.0 Å². The van der Waals surface area contributed by atoms with Crippen LogP contribution in [-0.4, -0.2) is 0 Å². The molecule has 2 aromatic carbocycles. The highest BCUT2D eigenvalue weighted by atomic mass is 79.9. The zero-order valence-electron chi connectivity index (χ0n) is 10.1. The highest BCUT2D eigenvalue weighted by Gasteiger charge is 2.11. The third-order valence-electron chi connectivity index (χ3n) is 2.73. The topological polar surface area (TPSA) is 12.0 Å². The van der Waals surface area contributed by atoms with E-state index in [0.29, 0.717) is 10.0 Å². The molecule has 19 heavy (non-hydrogen) atoms. The van der Waals surface area contributed by atoms with Crippen LogP contribution in [0.1, 0.15) is 18.5 Å². The Morgan fingerprint density at radius 2 is 1.79 bits per heavy atom. The third kappa shape index (κ3) is 3.88. The number of nitrogens with one attached hydrogen (secondary N) is 1. The molecule has 1 atom stereocenters. The van der Waals surface area contributed by atoms with Gasteiger partial charge >= 0.3 is 0 Å². The van der Waals surface area contributed by atoms with Gasteiger partial charge in [-0.15, -0.1) is 0 Å². The van der Waals surface area contributed by atoms with E-state index in [1.54, 1.807) is 6.07 Å². The second kappa shape index (κ2) is 6.49. The Balaban J connectivity index is 2.25. The summed E-state index contributed by atoms with van der Waals surface area (Å²) in [5.41, 5.74) is 2.02. The maximum Gasteiger partial charge on any atom is 0.0500 e. The van der Waals surface area contributed by atoms with Crippen molar-refractivity contribution in [3.8, 4) is 0 Å². The van der Waals surface area contributed by atoms with Crippen LogP contribution in [0.4, 0.5) is 5.69 Å². The number of halogens is 4. The summed E-state index contributed by atoms with van der Waals surface area (Å²) in [6.07, 6.45) is 0. The summed E-state index contributed by atoms with van der Waals surface area (Å²) in [4.78, 5) is 0. The van der Waals surface area contributed by atoms with Crippen molar-refractivity contribution >= 4 is 60.7 Å². The summed E-state index contributed by atoms with van der Waals surface area (Å²) in [6.45, 7) is 2.06. The van der Waals surface area contributed by atoms with Gasteiger partial charge in [0.15, 0.2) is 0 Å². The van der Waals surface area contributed by atoms with Crippen LogP contribution in [-0.2, 0) is 0 Å². The Hall–Kier alpha value is -0.220. The first-order valence-corrected chi connectivity index (χ1v) is 7.98. The monoisotopic (exact) mass is 421 g/mol. The summed E-state index contributed by atoms with van der Waals surface area (Å²) >= 11 is 19.1. The van der Waals surface area contributed by atoms with Crippen molar-refractivity contribution in [3.63, 3.8) is 0 Å². The predicted molar refractivity (Wildman–Crippen MR) is 90.3 cm³/mol. The van der Waals surface area contributed by atoms with Gasteiger partial charge in [0.1, 0.15) is 0 Å². The molecular formula is C14H11Br2Cl2N. The minimum Gasteiger partial charge on any atom is -0.378 e. The Morgan fingerprint density at radius 3 is 2.47 bits per heavy atom. The molecule has 0 fully saturated rings. The quantitative estimate of drug-likeness (QED) is 0.579. The number of hydrogen-bond acceptors (Lipinski definition) is 1. The molecule has 0 amide bonds. The Labute approximate surface area is 139 Å². The lowest BCUT2D eigenvalue weighted by Gasteiger charge is -2.18. The lowest BCUT2D eigenvalue weighted by atomic mass is 10.1. The largest absolute Gasteiger partial charge is 0.378 e. The maximum absolute atomic E-state index is 6.22. The van der Waals surface area contributed by atoms with Gasteiger partial charge < -0.3 is 5.32 Å². The minimum absolute atomic E-state index is 0.0790. The van der Waals surface area contributed by atoms with E-state index < -0.39 is 0 Å². The zero-order valence-corrected chi connectivity index (χ0v) is 14.7. The standard InChI is InChI=1S/C14H11Br2Cl2N/c1-8(11-4-3-10(17)7-13(11)18)19-14-6-9(15)2-5-12(14)16/h2-8,19H,1H3. The fourth-order valence-corrected chi connectivity index (χ4v) is 3.07. The Morgan fingerprint density at radius 1 is 1.05 bits per heavy atom. The van der Waals surface area contributed by atoms with E-state index in [1.807, 2.05) is 30.3 Å². The van der Waals surface area contributed by atoms with Crippen molar-refractivity contribution in [2.75, 3.05) is 5.32 Å². The summed E-state index contributed by atoms with van der Waals surface area (Å²) in [5, 5.41) is 4.73. The first kappa shape index (κ1) is 15.2. The van der Waals surface area contributed by atoms with Gasteiger partial charge in [-0.1, -0.05) is 45.2 Å². The summed E-state index contributed by atoms with van der Waals surface area (Å²) < 4.78 is 2.03. The van der Waals surface area contributed by atoms with Crippen LogP contribution in [0, 0.1) is 0 Å². The molecular weight excluding hydrogens is 413 g/mol. The van der Waals surface area contributed by atoms with Gasteiger partial charge in [-0.05, 0) is 58.7 Å². The average molecular weight is 424 g/mol. The minimum atomic E-state index is 0.0790. The molecule has 2 aromatic rings. The molecule has 0 bridgehead atoms. The molecule has 0 saturated heterocycles. The number of benzene rings is 2. The molecule has 0 radical (unpaired) electrons. The van der Waals surface area contributed by atoms with Gasteiger partial charge in [-0.3, -0.25) is 0 Å². The normalized spacial score (nSPS) is 12.3. The fraction of sp³-hybridized carbons (Fsp3) is 0.143. The van der Waals surface area contributed by atoms with Gasteiger partial charge in [0.25, 0.3) is 0 Å². The van der Waals surface area contributed by atoms with Crippen molar-refractivity contribution < 1.29 is 0 Å². The van der Waals surface area contributed by atoms with Gasteiger partial charge in [-0.25, -0.2) is 0 Å². The number of hydrogen-bond donors (Lipinski definition) is 1. The SMILES string of the molecule is CC(Nc1cc(Br)ccc1Br)c1ccc(Cl)cc1Cl. The molecule has 100 valence electrons. The van der Waals surface area contributed by atoms with E-state index in [1.165, 1.54) is 0 Å². The molecule has 2 rings (SSSR count). The van der Waals surface area contributed by atoms with E-state index in [0.717, 1.165) is 20.2 Å². The molecule has 1 unspecified atom stereocenters. The molecule has 0 saturated carbocycles. The molecule has 1 nitrogen and oxygen atoms in total. The lowest BCUT2D eigenvalue weighted by molar-refractivity contribution is 0.884. The van der Waals surface area contributed by atoms with Crippen LogP contribution in [0.5, 0.6) is 0 Å². The summed E-state index contributed by atoms with van der Waals surface area (Å²) in [6, 6.07) is 11.6. The average Bonchev–Trinajstić information content (AvgIpc) is 2.33. The Bertz CT molecular complexity index is 602. The zero-order chi connectivity index (χ0) is 14.0. The molecule has 0 heterocycles. The molecule has 0 aliphatic carbocycles. The van der Waals surface area contributed by atoms with Crippen molar-refractivity contribution in [1.29, 1.82) is 0 Å². The Kier molecular flexibility index (Phi) is 5.18. The van der Waals surface area contributed by atoms with Gasteiger partial charge in [0.2, 0.25) is 0 Å². The first-order chi connectivity index (χ1) is 8.97. The highest BCUT2D eigenvalue weighted by Crippen LogP contribution is 2.32. The van der Waals surface area contributed by atoms with Crippen LogP contribution >= 0.6 is 55.1 Å². The van der Waals surface area contributed by atoms with Crippen molar-refractivity contribution in [2.45, 2.75) is 13.0 Å². The van der Waals surface area contributed by atoms with E-state index in [9.17, 15) is 0 Å². The second-order valence-electron chi connectivity index (χ2n) is 4.16. The lowest BCUT2D eigenvalue weighted by Crippen LogP contribution is -2.07. The van der Waals surface area contributed by atoms with E-state index >= 15 is 0 Å². The molecule has 0 aromatic heterocycles. The maximum atomic E-state index is 6.22. The first-order valence-electron chi connectivity index (χ1n) is 5.64. The van der Waals surface area contributed by atoms with Gasteiger partial charge in [0.05, 0.1) is 11.7 Å². The third-order valence-corrected chi connectivity index (χ3v) is 4.48. The van der Waals surface area contributed by atoms with E-state index in [-0.39, 0.29) is 6.04 Å². The molecule has 0 aliphatic rings. The van der Waals surface area contributed by atoms with Crippen molar-refractivity contribution in [2.24, 2.45) is 0 Å². The van der Waals surface area contributed by atoms with E-state index in [2.05, 4.69) is 44.1 Å². The van der Waals surface area contributed by atoms with Gasteiger partial charge in [-0.2, -0.15) is 0 Å². The predicted octanol–water partition coefficient (Wildman–Crippen LogP) is 6.69. The van der Waals surface area contributed by atoms with Crippen LogP contribution in [0.2, 0.25) is 10.0 Å². The molecule has 0 aliphatic heterocycles. The van der Waals surface area contributed by atoms with Crippen LogP contribution < -0.4 is 5.32 Å². The van der Waals surface area contributed by atoms with Crippen LogP contribution in [0.3, 0.4) is 0 Å².